The van der Waals surface area contributed by atoms with E-state index in [4.69, 9.17) is 4.52 Å². The highest BCUT2D eigenvalue weighted by atomic mass is 16.5. The quantitative estimate of drug-likeness (QED) is 0.797. The molecule has 2 saturated carbocycles. The van der Waals surface area contributed by atoms with Gasteiger partial charge in [-0.15, -0.1) is 0 Å². The summed E-state index contributed by atoms with van der Waals surface area (Å²) in [6, 6.07) is 5.99. The summed E-state index contributed by atoms with van der Waals surface area (Å²) in [7, 11) is 0. The van der Waals surface area contributed by atoms with Crippen LogP contribution < -0.4 is 0 Å². The zero-order valence-electron chi connectivity index (χ0n) is 11.6. The van der Waals surface area contributed by atoms with Crippen molar-refractivity contribution in [3.63, 3.8) is 0 Å². The van der Waals surface area contributed by atoms with Gasteiger partial charge in [-0.3, -0.25) is 0 Å². The van der Waals surface area contributed by atoms with Crippen molar-refractivity contribution in [1.29, 1.82) is 0 Å². The molecular weight excluding hydrogens is 264 g/mol. The number of H-pyrrole nitrogens is 1. The molecule has 2 aliphatic carbocycles. The summed E-state index contributed by atoms with van der Waals surface area (Å²) < 4.78 is 5.50. The zero-order chi connectivity index (χ0) is 13.8. The summed E-state index contributed by atoms with van der Waals surface area (Å²) in [6.07, 6.45) is 7.10. The average Bonchev–Trinajstić information content (AvgIpc) is 2.92. The molecule has 2 aromatic heterocycles. The zero-order valence-corrected chi connectivity index (χ0v) is 11.6. The molecule has 21 heavy (non-hydrogen) atoms. The van der Waals surface area contributed by atoms with E-state index in [-0.39, 0.29) is 0 Å². The third kappa shape index (κ3) is 1.80. The largest absolute Gasteiger partial charge is 0.345 e. The standard InChI is InChI=1S/C16H16N4O/c1-2-9(3-1)11-7-12(11)16-19-15(20-21-16)10-4-5-13-14(6-10)18-8-17-13/h4-6,8-9,11-12H,1-3,7H2,(H,17,18)/t11-,12+/m1/s1. The van der Waals surface area contributed by atoms with E-state index in [9.17, 15) is 0 Å². The van der Waals surface area contributed by atoms with Crippen molar-refractivity contribution in [3.8, 4) is 11.4 Å². The highest BCUT2D eigenvalue weighted by molar-refractivity contribution is 5.79. The number of fused-ring (bicyclic) bond motifs is 1. The summed E-state index contributed by atoms with van der Waals surface area (Å²) in [6.45, 7) is 0. The molecule has 5 heteroatoms. The molecule has 2 fully saturated rings. The van der Waals surface area contributed by atoms with Crippen LogP contribution in [0.2, 0.25) is 0 Å². The number of aromatic amines is 1. The Kier molecular flexibility index (Phi) is 2.28. The summed E-state index contributed by atoms with van der Waals surface area (Å²) >= 11 is 0. The van der Waals surface area contributed by atoms with E-state index in [0.717, 1.165) is 34.3 Å². The minimum absolute atomic E-state index is 0.507. The van der Waals surface area contributed by atoms with E-state index in [1.165, 1.54) is 25.7 Å². The second kappa shape index (κ2) is 4.16. The fourth-order valence-corrected chi connectivity index (χ4v) is 3.47. The van der Waals surface area contributed by atoms with Crippen LogP contribution in [0.25, 0.3) is 22.4 Å². The Hall–Kier alpha value is -2.17. The molecule has 0 radical (unpaired) electrons. The average molecular weight is 280 g/mol. The maximum atomic E-state index is 5.50. The van der Waals surface area contributed by atoms with Crippen molar-refractivity contribution in [2.24, 2.45) is 11.8 Å². The fourth-order valence-electron chi connectivity index (χ4n) is 3.47. The van der Waals surface area contributed by atoms with Crippen LogP contribution in [0.5, 0.6) is 0 Å². The first kappa shape index (κ1) is 11.5. The summed E-state index contributed by atoms with van der Waals surface area (Å²) in [5, 5.41) is 4.16. The van der Waals surface area contributed by atoms with E-state index in [2.05, 4.69) is 20.1 Å². The van der Waals surface area contributed by atoms with Gasteiger partial charge in [0.25, 0.3) is 0 Å². The summed E-state index contributed by atoms with van der Waals surface area (Å²) in [5.74, 6) is 3.72. The third-order valence-corrected chi connectivity index (χ3v) is 5.03. The SMILES string of the molecule is c1nc2ccc(-c3noc([C@H]4C[C@@H]4C4CCC4)n3)cc2[nH]1. The van der Waals surface area contributed by atoms with Gasteiger partial charge in [-0.25, -0.2) is 4.98 Å². The number of nitrogens with zero attached hydrogens (tertiary/aromatic N) is 3. The second-order valence-electron chi connectivity index (χ2n) is 6.29. The predicted molar refractivity (Wildman–Crippen MR) is 77.6 cm³/mol. The van der Waals surface area contributed by atoms with Crippen LogP contribution in [0.15, 0.2) is 29.0 Å². The molecule has 0 amide bonds. The first-order chi connectivity index (χ1) is 10.4. The Bertz CT molecular complexity index is 801. The molecule has 0 saturated heterocycles. The van der Waals surface area contributed by atoms with Gasteiger partial charge in [0.15, 0.2) is 0 Å². The van der Waals surface area contributed by atoms with Crippen molar-refractivity contribution >= 4 is 11.0 Å². The Labute approximate surface area is 121 Å². The second-order valence-corrected chi connectivity index (χ2v) is 6.29. The number of rotatable bonds is 3. The molecule has 0 spiro atoms. The molecule has 2 heterocycles. The number of benzene rings is 1. The summed E-state index contributed by atoms with van der Waals surface area (Å²) in [5.41, 5.74) is 2.93. The van der Waals surface area contributed by atoms with Crippen molar-refractivity contribution in [2.45, 2.75) is 31.6 Å². The maximum absolute atomic E-state index is 5.50. The molecule has 1 aromatic carbocycles. The lowest BCUT2D eigenvalue weighted by Crippen LogP contribution is -2.13. The van der Waals surface area contributed by atoms with Crippen molar-refractivity contribution in [3.05, 3.63) is 30.4 Å². The topological polar surface area (TPSA) is 67.6 Å². The van der Waals surface area contributed by atoms with Crippen LogP contribution in [0, 0.1) is 11.8 Å². The van der Waals surface area contributed by atoms with Crippen LogP contribution >= 0.6 is 0 Å². The van der Waals surface area contributed by atoms with E-state index in [0.29, 0.717) is 11.7 Å². The molecule has 0 aliphatic heterocycles. The number of hydrogen-bond donors (Lipinski definition) is 1. The van der Waals surface area contributed by atoms with E-state index in [1.807, 2.05) is 18.2 Å². The maximum Gasteiger partial charge on any atom is 0.230 e. The lowest BCUT2D eigenvalue weighted by molar-refractivity contribution is 0.265. The molecule has 1 N–H and O–H groups in total. The van der Waals surface area contributed by atoms with Crippen LogP contribution in [-0.2, 0) is 0 Å². The lowest BCUT2D eigenvalue weighted by Gasteiger charge is -2.25. The van der Waals surface area contributed by atoms with Crippen LogP contribution in [-0.4, -0.2) is 20.1 Å². The van der Waals surface area contributed by atoms with Crippen molar-refractivity contribution in [2.75, 3.05) is 0 Å². The van der Waals surface area contributed by atoms with E-state index < -0.39 is 0 Å². The Morgan fingerprint density at radius 1 is 1.24 bits per heavy atom. The number of imidazole rings is 1. The Morgan fingerprint density at radius 2 is 2.19 bits per heavy atom. The molecular formula is C16H16N4O. The number of aromatic nitrogens is 4. The van der Waals surface area contributed by atoms with Gasteiger partial charge < -0.3 is 9.51 Å². The van der Waals surface area contributed by atoms with Gasteiger partial charge in [-0.1, -0.05) is 24.4 Å². The molecule has 0 bridgehead atoms. The molecule has 5 rings (SSSR count). The van der Waals surface area contributed by atoms with Gasteiger partial charge in [-0.05, 0) is 36.5 Å². The molecule has 5 nitrogen and oxygen atoms in total. The lowest BCUT2D eigenvalue weighted by atomic mass is 9.81. The Morgan fingerprint density at radius 3 is 3.05 bits per heavy atom. The highest BCUT2D eigenvalue weighted by Gasteiger charge is 2.48. The Balaban J connectivity index is 1.42. The minimum atomic E-state index is 0.507. The predicted octanol–water partition coefficient (Wildman–Crippen LogP) is 3.52. The third-order valence-electron chi connectivity index (χ3n) is 5.03. The molecule has 0 unspecified atom stereocenters. The minimum Gasteiger partial charge on any atom is -0.345 e. The van der Waals surface area contributed by atoms with Gasteiger partial charge in [0.2, 0.25) is 11.7 Å². The van der Waals surface area contributed by atoms with Crippen LogP contribution in [0.4, 0.5) is 0 Å². The van der Waals surface area contributed by atoms with Gasteiger partial charge in [0.1, 0.15) is 0 Å². The first-order valence-corrected chi connectivity index (χ1v) is 7.65. The molecule has 106 valence electrons. The van der Waals surface area contributed by atoms with Crippen molar-refractivity contribution in [1.82, 2.24) is 20.1 Å². The van der Waals surface area contributed by atoms with Crippen molar-refractivity contribution < 1.29 is 4.52 Å². The van der Waals surface area contributed by atoms with Gasteiger partial charge in [0.05, 0.1) is 17.4 Å². The van der Waals surface area contributed by atoms with Gasteiger partial charge in [-0.2, -0.15) is 4.98 Å². The fraction of sp³-hybridized carbons (Fsp3) is 0.438. The smallest absolute Gasteiger partial charge is 0.230 e. The van der Waals surface area contributed by atoms with E-state index >= 15 is 0 Å². The molecule has 3 aromatic rings. The normalized spacial score (nSPS) is 25.1. The van der Waals surface area contributed by atoms with Gasteiger partial charge >= 0.3 is 0 Å². The van der Waals surface area contributed by atoms with Gasteiger partial charge in [0, 0.05) is 11.5 Å². The highest BCUT2D eigenvalue weighted by Crippen LogP contribution is 2.56. The molecule has 2 aliphatic rings. The number of hydrogen-bond acceptors (Lipinski definition) is 4. The molecule has 2 atom stereocenters. The number of nitrogens with one attached hydrogen (secondary N) is 1. The monoisotopic (exact) mass is 280 g/mol. The van der Waals surface area contributed by atoms with Crippen LogP contribution in [0.1, 0.15) is 37.5 Å². The van der Waals surface area contributed by atoms with Crippen LogP contribution in [0.3, 0.4) is 0 Å². The van der Waals surface area contributed by atoms with E-state index in [1.54, 1.807) is 6.33 Å². The summed E-state index contributed by atoms with van der Waals surface area (Å²) in [4.78, 5) is 11.9. The first-order valence-electron chi connectivity index (χ1n) is 7.65.